The molecule has 18 heavy (non-hydrogen) atoms. The van der Waals surface area contributed by atoms with E-state index in [1.165, 1.54) is 25.7 Å². The van der Waals surface area contributed by atoms with Crippen LogP contribution in [-0.4, -0.2) is 49.2 Å². The highest BCUT2D eigenvalue weighted by Crippen LogP contribution is 2.36. The summed E-state index contributed by atoms with van der Waals surface area (Å²) in [5.74, 6) is 1.17. The highest BCUT2D eigenvalue weighted by Gasteiger charge is 2.42. The average molecular weight is 252 g/mol. The number of nitrogens with zero attached hydrogens (tertiary/aromatic N) is 1. The lowest BCUT2D eigenvalue weighted by Gasteiger charge is -2.27. The van der Waals surface area contributed by atoms with Crippen LogP contribution < -0.4 is 5.32 Å². The Bertz CT molecular complexity index is 313. The molecule has 2 saturated carbocycles. The molecule has 3 rings (SSSR count). The van der Waals surface area contributed by atoms with Gasteiger partial charge < -0.3 is 15.0 Å². The quantitative estimate of drug-likeness (QED) is 0.767. The third kappa shape index (κ3) is 2.69. The third-order valence-electron chi connectivity index (χ3n) is 4.29. The normalized spacial score (nSPS) is 31.6. The first-order valence-corrected chi connectivity index (χ1v) is 7.41. The van der Waals surface area contributed by atoms with Crippen LogP contribution in [0.4, 0.5) is 0 Å². The zero-order valence-electron chi connectivity index (χ0n) is 11.2. The van der Waals surface area contributed by atoms with E-state index in [0.29, 0.717) is 25.2 Å². The Hall–Kier alpha value is -0.610. The second kappa shape index (κ2) is 5.17. The number of rotatable bonds is 6. The molecule has 2 unspecified atom stereocenters. The van der Waals surface area contributed by atoms with Crippen molar-refractivity contribution in [2.45, 2.75) is 44.7 Å². The van der Waals surface area contributed by atoms with Gasteiger partial charge in [-0.15, -0.1) is 0 Å². The van der Waals surface area contributed by atoms with Crippen molar-refractivity contribution in [1.82, 2.24) is 10.2 Å². The van der Waals surface area contributed by atoms with Gasteiger partial charge in [-0.05, 0) is 38.1 Å². The topological polar surface area (TPSA) is 41.6 Å². The molecule has 3 fully saturated rings. The number of carbonyl (C=O) groups is 1. The molecule has 0 spiro atoms. The molecule has 1 N–H and O–H groups in total. The number of amides is 1. The molecular weight excluding hydrogens is 228 g/mol. The molecular formula is C14H24N2O2. The first-order chi connectivity index (χ1) is 8.79. The highest BCUT2D eigenvalue weighted by molar-refractivity contribution is 5.80. The number of nitrogens with one attached hydrogen (secondary N) is 1. The largest absolute Gasteiger partial charge is 0.379 e. The lowest BCUT2D eigenvalue weighted by Crippen LogP contribution is -2.47. The Kier molecular flexibility index (Phi) is 3.57. The van der Waals surface area contributed by atoms with Crippen molar-refractivity contribution in [3.63, 3.8) is 0 Å². The van der Waals surface area contributed by atoms with Gasteiger partial charge in [-0.25, -0.2) is 0 Å². The summed E-state index contributed by atoms with van der Waals surface area (Å²) in [6.07, 6.45) is 5.04. The Balaban J connectivity index is 1.62. The minimum absolute atomic E-state index is 0.0456. The average Bonchev–Trinajstić information content (AvgIpc) is 3.26. The summed E-state index contributed by atoms with van der Waals surface area (Å²) in [5, 5.41) is 3.39. The van der Waals surface area contributed by atoms with E-state index in [4.69, 9.17) is 4.74 Å². The fraction of sp³-hybridized carbons (Fsp3) is 0.929. The number of ether oxygens (including phenoxy) is 1. The molecule has 0 aromatic rings. The fourth-order valence-corrected chi connectivity index (χ4v) is 2.86. The standard InChI is InChI=1S/C14H24N2O2/c1-2-15-13-9-18-8-12(13)14(17)16(11-5-6-11)7-10-3-4-10/h10-13,15H,2-9H2,1H3. The highest BCUT2D eigenvalue weighted by atomic mass is 16.5. The predicted molar refractivity (Wildman–Crippen MR) is 69.2 cm³/mol. The van der Waals surface area contributed by atoms with Crippen LogP contribution in [0.25, 0.3) is 0 Å². The molecule has 102 valence electrons. The van der Waals surface area contributed by atoms with Crippen molar-refractivity contribution in [3.05, 3.63) is 0 Å². The van der Waals surface area contributed by atoms with Crippen molar-refractivity contribution >= 4 is 5.91 Å². The van der Waals surface area contributed by atoms with Crippen LogP contribution in [0.15, 0.2) is 0 Å². The summed E-state index contributed by atoms with van der Waals surface area (Å²) in [5.41, 5.74) is 0. The van der Waals surface area contributed by atoms with E-state index in [0.717, 1.165) is 19.0 Å². The van der Waals surface area contributed by atoms with Crippen molar-refractivity contribution < 1.29 is 9.53 Å². The number of carbonyl (C=O) groups excluding carboxylic acids is 1. The van der Waals surface area contributed by atoms with Crippen LogP contribution in [0, 0.1) is 11.8 Å². The van der Waals surface area contributed by atoms with Gasteiger partial charge in [0.25, 0.3) is 0 Å². The van der Waals surface area contributed by atoms with Crippen molar-refractivity contribution in [3.8, 4) is 0 Å². The van der Waals surface area contributed by atoms with E-state index in [-0.39, 0.29) is 12.0 Å². The maximum Gasteiger partial charge on any atom is 0.229 e. The van der Waals surface area contributed by atoms with E-state index in [2.05, 4.69) is 17.1 Å². The fourth-order valence-electron chi connectivity index (χ4n) is 2.86. The number of hydrogen-bond donors (Lipinski definition) is 1. The van der Waals surface area contributed by atoms with E-state index >= 15 is 0 Å². The maximum absolute atomic E-state index is 12.7. The van der Waals surface area contributed by atoms with Gasteiger partial charge >= 0.3 is 0 Å². The van der Waals surface area contributed by atoms with Gasteiger partial charge in [-0.2, -0.15) is 0 Å². The third-order valence-corrected chi connectivity index (χ3v) is 4.29. The summed E-state index contributed by atoms with van der Waals surface area (Å²) < 4.78 is 5.50. The van der Waals surface area contributed by atoms with Gasteiger partial charge in [0.05, 0.1) is 19.1 Å². The molecule has 1 heterocycles. The molecule has 2 atom stereocenters. The summed E-state index contributed by atoms with van der Waals surface area (Å²) in [6, 6.07) is 0.768. The Labute approximate surface area is 109 Å². The van der Waals surface area contributed by atoms with E-state index < -0.39 is 0 Å². The van der Waals surface area contributed by atoms with Crippen molar-refractivity contribution in [1.29, 1.82) is 0 Å². The van der Waals surface area contributed by atoms with Crippen LogP contribution in [0.2, 0.25) is 0 Å². The molecule has 4 nitrogen and oxygen atoms in total. The molecule has 1 saturated heterocycles. The predicted octanol–water partition coefficient (Wildman–Crippen LogP) is 1.01. The Morgan fingerprint density at radius 3 is 2.67 bits per heavy atom. The molecule has 3 aliphatic rings. The Morgan fingerprint density at radius 1 is 1.28 bits per heavy atom. The SMILES string of the molecule is CCNC1COCC1C(=O)N(CC1CC1)C1CC1. The zero-order valence-corrected chi connectivity index (χ0v) is 11.2. The van der Waals surface area contributed by atoms with Crippen LogP contribution in [0.5, 0.6) is 0 Å². The summed E-state index contributed by atoms with van der Waals surface area (Å²) in [7, 11) is 0. The summed E-state index contributed by atoms with van der Waals surface area (Å²) >= 11 is 0. The first kappa shape index (κ1) is 12.4. The molecule has 2 aliphatic carbocycles. The van der Waals surface area contributed by atoms with Crippen LogP contribution in [0.3, 0.4) is 0 Å². The van der Waals surface area contributed by atoms with E-state index in [1.54, 1.807) is 0 Å². The van der Waals surface area contributed by atoms with Gasteiger partial charge in [0.2, 0.25) is 5.91 Å². The molecule has 1 amide bonds. The second-order valence-corrected chi connectivity index (χ2v) is 5.97. The second-order valence-electron chi connectivity index (χ2n) is 5.97. The maximum atomic E-state index is 12.7. The number of hydrogen-bond acceptors (Lipinski definition) is 3. The number of likely N-dealkylation sites (N-methyl/N-ethyl adjacent to an activating group) is 1. The first-order valence-electron chi connectivity index (χ1n) is 7.41. The molecule has 1 aliphatic heterocycles. The lowest BCUT2D eigenvalue weighted by atomic mass is 10.0. The van der Waals surface area contributed by atoms with Gasteiger partial charge in [0, 0.05) is 18.6 Å². The Morgan fingerprint density at radius 2 is 2.06 bits per heavy atom. The molecule has 0 radical (unpaired) electrons. The van der Waals surface area contributed by atoms with Gasteiger partial charge in [0.1, 0.15) is 0 Å². The van der Waals surface area contributed by atoms with Crippen molar-refractivity contribution in [2.24, 2.45) is 11.8 Å². The molecule has 4 heteroatoms. The minimum atomic E-state index is 0.0456. The summed E-state index contributed by atoms with van der Waals surface area (Å²) in [6.45, 7) is 5.28. The van der Waals surface area contributed by atoms with Crippen LogP contribution in [0.1, 0.15) is 32.6 Å². The van der Waals surface area contributed by atoms with Gasteiger partial charge in [0.15, 0.2) is 0 Å². The molecule has 0 aromatic carbocycles. The van der Waals surface area contributed by atoms with Crippen molar-refractivity contribution in [2.75, 3.05) is 26.3 Å². The minimum Gasteiger partial charge on any atom is -0.379 e. The van der Waals surface area contributed by atoms with Gasteiger partial charge in [-0.1, -0.05) is 6.92 Å². The molecule has 0 aromatic heterocycles. The van der Waals surface area contributed by atoms with Gasteiger partial charge in [-0.3, -0.25) is 4.79 Å². The van der Waals surface area contributed by atoms with Crippen LogP contribution >= 0.6 is 0 Å². The lowest BCUT2D eigenvalue weighted by molar-refractivity contribution is -0.136. The smallest absolute Gasteiger partial charge is 0.229 e. The van der Waals surface area contributed by atoms with E-state index in [1.807, 2.05) is 0 Å². The molecule has 0 bridgehead atoms. The summed E-state index contributed by atoms with van der Waals surface area (Å²) in [4.78, 5) is 14.8. The van der Waals surface area contributed by atoms with Crippen LogP contribution in [-0.2, 0) is 9.53 Å². The zero-order chi connectivity index (χ0) is 12.5. The van der Waals surface area contributed by atoms with E-state index in [9.17, 15) is 4.79 Å². The monoisotopic (exact) mass is 252 g/mol.